The Morgan fingerprint density at radius 3 is 2.52 bits per heavy atom. The van der Waals surface area contributed by atoms with Gasteiger partial charge in [0.15, 0.2) is 5.43 Å². The molecule has 0 fully saturated rings. The number of benzene rings is 2. The van der Waals surface area contributed by atoms with E-state index in [1.165, 1.54) is 12.1 Å². The van der Waals surface area contributed by atoms with Crippen LogP contribution >= 0.6 is 0 Å². The predicted molar refractivity (Wildman–Crippen MR) is 123 cm³/mol. The number of rotatable bonds is 4. The van der Waals surface area contributed by atoms with E-state index in [4.69, 9.17) is 0 Å². The van der Waals surface area contributed by atoms with E-state index in [1.807, 2.05) is 41.0 Å². The molecule has 1 aliphatic carbocycles. The Kier molecular flexibility index (Phi) is 4.92. The second-order valence-electron chi connectivity index (χ2n) is 7.42. The molecule has 152 valence electrons. The minimum atomic E-state index is -0.320. The highest BCUT2D eigenvalue weighted by molar-refractivity contribution is 5.95. The molecular weight excluding hydrogens is 389 g/mol. The highest BCUT2D eigenvalue weighted by Crippen LogP contribution is 2.30. The summed E-state index contributed by atoms with van der Waals surface area (Å²) in [5, 5.41) is 3.95. The molecule has 0 saturated carbocycles. The van der Waals surface area contributed by atoms with Crippen molar-refractivity contribution in [3.05, 3.63) is 113 Å². The van der Waals surface area contributed by atoms with Crippen molar-refractivity contribution in [1.29, 1.82) is 0 Å². The fourth-order valence-corrected chi connectivity index (χ4v) is 3.92. The van der Waals surface area contributed by atoms with Gasteiger partial charge in [-0.25, -0.2) is 4.39 Å². The van der Waals surface area contributed by atoms with E-state index < -0.39 is 0 Å². The number of halogens is 1. The maximum atomic E-state index is 13.5. The number of fused-ring (bicyclic) bond motifs is 1. The standard InChI is InChI=1S/C26H20FN3O/c27-19-13-11-18(12-14-19)22-16-28-17-23-26(22)24(31)15-25(29-20-7-3-1-4-8-20)30(23)21-9-5-2-6-10-21/h2-3,5-17,29H,1,4H2. The number of pyridine rings is 2. The number of aromatic nitrogens is 2. The van der Waals surface area contributed by atoms with Gasteiger partial charge in [0.1, 0.15) is 11.6 Å². The van der Waals surface area contributed by atoms with Gasteiger partial charge in [0, 0.05) is 29.2 Å². The second kappa shape index (κ2) is 8.03. The fourth-order valence-electron chi connectivity index (χ4n) is 3.92. The molecule has 2 aromatic carbocycles. The van der Waals surface area contributed by atoms with Crippen LogP contribution in [0.2, 0.25) is 0 Å². The van der Waals surface area contributed by atoms with Gasteiger partial charge in [-0.1, -0.05) is 42.5 Å². The molecule has 4 aromatic rings. The van der Waals surface area contributed by atoms with Gasteiger partial charge in [-0.15, -0.1) is 0 Å². The molecule has 1 N–H and O–H groups in total. The molecule has 0 spiro atoms. The number of para-hydroxylation sites is 1. The van der Waals surface area contributed by atoms with Crippen molar-refractivity contribution in [1.82, 2.24) is 9.55 Å². The Bertz CT molecular complexity index is 1370. The summed E-state index contributed by atoms with van der Waals surface area (Å²) in [5.74, 6) is 0.346. The van der Waals surface area contributed by atoms with Gasteiger partial charge in [-0.2, -0.15) is 0 Å². The fraction of sp³-hybridized carbons (Fsp3) is 0.0769. The molecule has 2 heterocycles. The lowest BCUT2D eigenvalue weighted by Gasteiger charge is -2.20. The molecule has 1 aliphatic rings. The number of anilines is 1. The van der Waals surface area contributed by atoms with Crippen LogP contribution in [-0.4, -0.2) is 9.55 Å². The summed E-state index contributed by atoms with van der Waals surface area (Å²) in [7, 11) is 0. The quantitative estimate of drug-likeness (QED) is 0.461. The Labute approximate surface area is 179 Å². The average molecular weight is 409 g/mol. The maximum absolute atomic E-state index is 13.5. The summed E-state index contributed by atoms with van der Waals surface area (Å²) >= 11 is 0. The maximum Gasteiger partial charge on any atom is 0.192 e. The van der Waals surface area contributed by atoms with Crippen LogP contribution < -0.4 is 10.7 Å². The summed E-state index contributed by atoms with van der Waals surface area (Å²) in [4.78, 5) is 17.7. The van der Waals surface area contributed by atoms with Gasteiger partial charge in [-0.05, 0) is 48.7 Å². The van der Waals surface area contributed by atoms with Crippen molar-refractivity contribution in [2.45, 2.75) is 12.8 Å². The van der Waals surface area contributed by atoms with Gasteiger partial charge < -0.3 is 5.32 Å². The summed E-state index contributed by atoms with van der Waals surface area (Å²) in [6.07, 6.45) is 11.6. The molecule has 5 heteroatoms. The first kappa shape index (κ1) is 19.0. The Morgan fingerprint density at radius 2 is 1.77 bits per heavy atom. The molecular formula is C26H20FN3O. The first-order valence-corrected chi connectivity index (χ1v) is 10.2. The molecule has 5 rings (SSSR count). The predicted octanol–water partition coefficient (Wildman–Crippen LogP) is 5.84. The Balaban J connectivity index is 1.79. The highest BCUT2D eigenvalue weighted by atomic mass is 19.1. The summed E-state index contributed by atoms with van der Waals surface area (Å²) < 4.78 is 15.5. The molecule has 4 nitrogen and oxygen atoms in total. The Hall–Kier alpha value is -3.99. The van der Waals surface area contributed by atoms with E-state index in [-0.39, 0.29) is 11.2 Å². The topological polar surface area (TPSA) is 46.9 Å². The first-order valence-electron chi connectivity index (χ1n) is 10.2. The van der Waals surface area contributed by atoms with Crippen LogP contribution in [0.4, 0.5) is 10.2 Å². The van der Waals surface area contributed by atoms with Crippen LogP contribution in [0.1, 0.15) is 12.8 Å². The third kappa shape index (κ3) is 3.66. The van der Waals surface area contributed by atoms with Gasteiger partial charge in [0.05, 0.1) is 17.1 Å². The van der Waals surface area contributed by atoms with Crippen molar-refractivity contribution in [3.8, 4) is 16.8 Å². The van der Waals surface area contributed by atoms with Crippen LogP contribution in [0.5, 0.6) is 0 Å². The molecule has 2 aromatic heterocycles. The molecule has 0 radical (unpaired) electrons. The van der Waals surface area contributed by atoms with Crippen molar-refractivity contribution >= 4 is 16.7 Å². The molecule has 0 amide bonds. The normalized spacial score (nSPS) is 13.3. The number of hydrogen-bond acceptors (Lipinski definition) is 3. The van der Waals surface area contributed by atoms with Crippen LogP contribution in [0.3, 0.4) is 0 Å². The van der Waals surface area contributed by atoms with Gasteiger partial charge in [-0.3, -0.25) is 14.3 Å². The largest absolute Gasteiger partial charge is 0.342 e. The number of nitrogens with one attached hydrogen (secondary N) is 1. The monoisotopic (exact) mass is 409 g/mol. The smallest absolute Gasteiger partial charge is 0.192 e. The third-order valence-corrected chi connectivity index (χ3v) is 5.36. The minimum Gasteiger partial charge on any atom is -0.342 e. The van der Waals surface area contributed by atoms with Gasteiger partial charge >= 0.3 is 0 Å². The molecule has 0 saturated heterocycles. The van der Waals surface area contributed by atoms with Crippen LogP contribution in [-0.2, 0) is 0 Å². The lowest BCUT2D eigenvalue weighted by Crippen LogP contribution is -2.15. The van der Waals surface area contributed by atoms with Crippen LogP contribution in [0.15, 0.2) is 102 Å². The van der Waals surface area contributed by atoms with Gasteiger partial charge in [0.2, 0.25) is 0 Å². The van der Waals surface area contributed by atoms with E-state index >= 15 is 0 Å². The second-order valence-corrected chi connectivity index (χ2v) is 7.42. The summed E-state index contributed by atoms with van der Waals surface area (Å²) in [6, 6.07) is 17.6. The lowest BCUT2D eigenvalue weighted by atomic mass is 10.0. The average Bonchev–Trinajstić information content (AvgIpc) is 2.81. The van der Waals surface area contributed by atoms with E-state index in [1.54, 1.807) is 30.6 Å². The SMILES string of the molecule is O=c1cc(NC2=CCCC=C2)n(-c2ccccc2)c2cncc(-c3ccc(F)cc3)c12. The highest BCUT2D eigenvalue weighted by Gasteiger charge is 2.16. The molecule has 0 atom stereocenters. The van der Waals surface area contributed by atoms with E-state index in [0.717, 1.165) is 29.8 Å². The Morgan fingerprint density at radius 1 is 0.968 bits per heavy atom. The van der Waals surface area contributed by atoms with Crippen molar-refractivity contribution < 1.29 is 4.39 Å². The summed E-state index contributed by atoms with van der Waals surface area (Å²) in [5.41, 5.74) is 3.85. The zero-order valence-electron chi connectivity index (χ0n) is 16.8. The van der Waals surface area contributed by atoms with E-state index in [2.05, 4.69) is 22.5 Å². The van der Waals surface area contributed by atoms with Gasteiger partial charge in [0.25, 0.3) is 0 Å². The number of allylic oxidation sites excluding steroid dienone is 3. The molecule has 0 bridgehead atoms. The zero-order valence-corrected chi connectivity index (χ0v) is 16.8. The lowest BCUT2D eigenvalue weighted by molar-refractivity contribution is 0.628. The van der Waals surface area contributed by atoms with Crippen molar-refractivity contribution in [2.24, 2.45) is 0 Å². The number of nitrogens with zero attached hydrogens (tertiary/aromatic N) is 2. The van der Waals surface area contributed by atoms with Crippen molar-refractivity contribution in [2.75, 3.05) is 5.32 Å². The zero-order chi connectivity index (χ0) is 21.2. The van der Waals surface area contributed by atoms with E-state index in [9.17, 15) is 9.18 Å². The minimum absolute atomic E-state index is 0.119. The molecule has 0 unspecified atom stereocenters. The number of hydrogen-bond donors (Lipinski definition) is 1. The summed E-state index contributed by atoms with van der Waals surface area (Å²) in [6.45, 7) is 0. The van der Waals surface area contributed by atoms with E-state index in [0.29, 0.717) is 22.3 Å². The molecule has 31 heavy (non-hydrogen) atoms. The third-order valence-electron chi connectivity index (χ3n) is 5.36. The first-order chi connectivity index (χ1) is 15.2. The van der Waals surface area contributed by atoms with Crippen LogP contribution in [0, 0.1) is 5.82 Å². The molecule has 0 aliphatic heterocycles. The van der Waals surface area contributed by atoms with Crippen LogP contribution in [0.25, 0.3) is 27.7 Å². The van der Waals surface area contributed by atoms with Crippen molar-refractivity contribution in [3.63, 3.8) is 0 Å².